The highest BCUT2D eigenvalue weighted by Crippen LogP contribution is 2.45. The molecule has 0 saturated heterocycles. The summed E-state index contributed by atoms with van der Waals surface area (Å²) in [5.41, 5.74) is 5.42. The summed E-state index contributed by atoms with van der Waals surface area (Å²) < 4.78 is 40.5. The molecule has 1 heterocycles. The van der Waals surface area contributed by atoms with Gasteiger partial charge in [-0.2, -0.15) is 0 Å². The number of sulfone groups is 1. The van der Waals surface area contributed by atoms with Crippen LogP contribution < -0.4 is 14.2 Å². The fourth-order valence-electron chi connectivity index (χ4n) is 4.90. The molecule has 3 aromatic rings. The molecule has 0 bridgehead atoms. The molecule has 214 valence electrons. The summed E-state index contributed by atoms with van der Waals surface area (Å²) in [6.07, 6.45) is 2.21. The molecule has 0 fully saturated rings. The maximum atomic E-state index is 11.4. The zero-order chi connectivity index (χ0) is 29.0. The Morgan fingerprint density at radius 1 is 1.12 bits per heavy atom. The van der Waals surface area contributed by atoms with Crippen molar-refractivity contribution in [2.24, 2.45) is 0 Å². The van der Waals surface area contributed by atoms with E-state index in [-0.39, 0.29) is 24.7 Å². The molecule has 0 spiro atoms. The van der Waals surface area contributed by atoms with Crippen LogP contribution in [0.4, 0.5) is 0 Å². The van der Waals surface area contributed by atoms with Gasteiger partial charge in [0.15, 0.2) is 5.75 Å². The van der Waals surface area contributed by atoms with Crippen LogP contribution in [-0.4, -0.2) is 44.7 Å². The van der Waals surface area contributed by atoms with Gasteiger partial charge in [-0.15, -0.1) is 0 Å². The summed E-state index contributed by atoms with van der Waals surface area (Å²) in [6.45, 7) is 4.78. The van der Waals surface area contributed by atoms with Crippen LogP contribution in [-0.2, 0) is 27.7 Å². The number of carboxylic acid groups (broad SMARTS) is 1. The summed E-state index contributed by atoms with van der Waals surface area (Å²) in [5, 5.41) is 9.94. The fraction of sp³-hybridized carbons (Fsp3) is 0.367. The van der Waals surface area contributed by atoms with Crippen molar-refractivity contribution in [3.8, 4) is 28.4 Å². The van der Waals surface area contributed by atoms with Crippen molar-refractivity contribution < 1.29 is 32.5 Å². The first-order valence-corrected chi connectivity index (χ1v) is 15.8. The summed E-state index contributed by atoms with van der Waals surface area (Å²) in [4.78, 5) is 11.1. The molecule has 7 nitrogen and oxygen atoms in total. The van der Waals surface area contributed by atoms with Crippen molar-refractivity contribution in [3.05, 3.63) is 74.8 Å². The second-order valence-corrected chi connectivity index (χ2v) is 12.9. The zero-order valence-electron chi connectivity index (χ0n) is 22.6. The van der Waals surface area contributed by atoms with Gasteiger partial charge in [-0.25, -0.2) is 8.42 Å². The highest BCUT2D eigenvalue weighted by Gasteiger charge is 2.27. The maximum absolute atomic E-state index is 11.4. The van der Waals surface area contributed by atoms with Gasteiger partial charge in [-0.1, -0.05) is 54.4 Å². The third-order valence-electron chi connectivity index (χ3n) is 6.84. The molecule has 1 aliphatic rings. The Hall–Kier alpha value is -2.94. The van der Waals surface area contributed by atoms with Crippen molar-refractivity contribution in [2.45, 2.75) is 45.6 Å². The third-order valence-corrected chi connectivity index (χ3v) is 8.72. The van der Waals surface area contributed by atoms with Crippen LogP contribution in [0.1, 0.15) is 47.9 Å². The minimum absolute atomic E-state index is 0.0263. The molecule has 0 unspecified atom stereocenters. The first kappa shape index (κ1) is 30.0. The number of carbonyl (C=O) groups is 1. The Labute approximate surface area is 244 Å². The molecule has 0 amide bonds. The smallest absolute Gasteiger partial charge is 0.304 e. The number of aliphatic carboxylic acids is 1. The molecule has 10 heteroatoms. The van der Waals surface area contributed by atoms with E-state index >= 15 is 0 Å². The van der Waals surface area contributed by atoms with E-state index in [4.69, 9.17) is 42.5 Å². The van der Waals surface area contributed by atoms with Gasteiger partial charge < -0.3 is 19.3 Å². The number of rotatable bonds is 12. The number of hydrogen-bond acceptors (Lipinski definition) is 6. The normalized spacial score (nSPS) is 14.5. The van der Waals surface area contributed by atoms with Gasteiger partial charge in [0.25, 0.3) is 0 Å². The lowest BCUT2D eigenvalue weighted by Gasteiger charge is -2.20. The Morgan fingerprint density at radius 2 is 1.90 bits per heavy atom. The minimum atomic E-state index is -3.08. The predicted molar refractivity (Wildman–Crippen MR) is 157 cm³/mol. The Balaban J connectivity index is 1.52. The fourth-order valence-corrected chi connectivity index (χ4v) is 6.22. The van der Waals surface area contributed by atoms with Crippen molar-refractivity contribution in [3.63, 3.8) is 0 Å². The van der Waals surface area contributed by atoms with Crippen molar-refractivity contribution >= 4 is 39.0 Å². The van der Waals surface area contributed by atoms with Crippen LogP contribution in [0.15, 0.2) is 42.5 Å². The van der Waals surface area contributed by atoms with Crippen LogP contribution in [0.5, 0.6) is 17.2 Å². The van der Waals surface area contributed by atoms with Gasteiger partial charge in [0, 0.05) is 23.8 Å². The predicted octanol–water partition coefficient (Wildman–Crippen LogP) is 6.87. The van der Waals surface area contributed by atoms with Crippen molar-refractivity contribution in [1.82, 2.24) is 0 Å². The molecule has 0 aliphatic carbocycles. The van der Waals surface area contributed by atoms with Crippen molar-refractivity contribution in [1.29, 1.82) is 0 Å². The number of benzene rings is 3. The summed E-state index contributed by atoms with van der Waals surface area (Å²) in [5.74, 6) is 0.685. The van der Waals surface area contributed by atoms with E-state index in [0.29, 0.717) is 53.3 Å². The first-order valence-electron chi connectivity index (χ1n) is 13.0. The average Bonchev–Trinajstić information content (AvgIpc) is 3.29. The summed E-state index contributed by atoms with van der Waals surface area (Å²) >= 11 is 13.5. The molecule has 4 rings (SSSR count). The van der Waals surface area contributed by atoms with E-state index in [2.05, 4.69) is 0 Å². The topological polar surface area (TPSA) is 99.1 Å². The third kappa shape index (κ3) is 7.03. The maximum Gasteiger partial charge on any atom is 0.304 e. The highest BCUT2D eigenvalue weighted by molar-refractivity contribution is 7.90. The SMILES string of the molecule is CCc1c(Cl)c(OCCCS(C)(=O)=O)c(Cl)c(C)c1-c1cccc(COc2ccc3c(c2)OC[C@H]3CC(=O)O)c1. The van der Waals surface area contributed by atoms with Crippen LogP contribution in [0.25, 0.3) is 11.1 Å². The van der Waals surface area contributed by atoms with Gasteiger partial charge in [0.05, 0.1) is 35.4 Å². The highest BCUT2D eigenvalue weighted by atomic mass is 35.5. The van der Waals surface area contributed by atoms with Crippen LogP contribution in [0.3, 0.4) is 0 Å². The second-order valence-electron chi connectivity index (χ2n) is 9.92. The second kappa shape index (κ2) is 12.7. The monoisotopic (exact) mass is 606 g/mol. The summed E-state index contributed by atoms with van der Waals surface area (Å²) in [7, 11) is -3.08. The van der Waals surface area contributed by atoms with Crippen molar-refractivity contribution in [2.75, 3.05) is 25.2 Å². The summed E-state index contributed by atoms with van der Waals surface area (Å²) in [6, 6.07) is 13.5. The largest absolute Gasteiger partial charge is 0.492 e. The zero-order valence-corrected chi connectivity index (χ0v) is 25.0. The van der Waals surface area contributed by atoms with E-state index in [0.717, 1.165) is 33.4 Å². The molecular weight excluding hydrogens is 575 g/mol. The van der Waals surface area contributed by atoms with Crippen LogP contribution >= 0.6 is 23.2 Å². The Kier molecular flexibility index (Phi) is 9.54. The minimum Gasteiger partial charge on any atom is -0.492 e. The molecule has 0 radical (unpaired) electrons. The van der Waals surface area contributed by atoms with E-state index in [1.165, 1.54) is 6.26 Å². The van der Waals surface area contributed by atoms with Gasteiger partial charge in [0.1, 0.15) is 27.9 Å². The Morgan fingerprint density at radius 3 is 2.60 bits per heavy atom. The average molecular weight is 608 g/mol. The Bertz CT molecular complexity index is 1520. The number of fused-ring (bicyclic) bond motifs is 1. The lowest BCUT2D eigenvalue weighted by atomic mass is 9.92. The van der Waals surface area contributed by atoms with E-state index in [1.54, 1.807) is 6.07 Å². The molecule has 1 N–H and O–H groups in total. The van der Waals surface area contributed by atoms with E-state index in [1.807, 2.05) is 50.2 Å². The number of carboxylic acids is 1. The standard InChI is InChI=1S/C30H32Cl2O7S/c1-4-23-27(18(2)28(31)30(29(23)32)37-11-6-12-40(3,35)36)20-8-5-7-19(13-20)16-38-22-9-10-24-21(14-26(33)34)17-39-25(24)15-22/h5,7-10,13,15,21H,4,6,11-12,14,16-17H2,1-3H3,(H,33,34)/t21-/m1/s1. The van der Waals surface area contributed by atoms with Gasteiger partial charge in [-0.3, -0.25) is 4.79 Å². The van der Waals surface area contributed by atoms with Gasteiger partial charge in [0.2, 0.25) is 0 Å². The number of hydrogen-bond donors (Lipinski definition) is 1. The van der Waals surface area contributed by atoms with Crippen LogP contribution in [0.2, 0.25) is 10.0 Å². The van der Waals surface area contributed by atoms with Gasteiger partial charge in [-0.05, 0) is 59.7 Å². The lowest BCUT2D eigenvalue weighted by Crippen LogP contribution is -2.09. The quantitative estimate of drug-likeness (QED) is 0.224. The first-order chi connectivity index (χ1) is 19.0. The molecule has 3 aromatic carbocycles. The molecule has 40 heavy (non-hydrogen) atoms. The number of ether oxygens (including phenoxy) is 3. The molecule has 1 atom stereocenters. The molecular formula is C30H32Cl2O7S. The van der Waals surface area contributed by atoms with Crippen LogP contribution in [0, 0.1) is 6.92 Å². The van der Waals surface area contributed by atoms with E-state index < -0.39 is 15.8 Å². The lowest BCUT2D eigenvalue weighted by molar-refractivity contribution is -0.137. The van der Waals surface area contributed by atoms with Gasteiger partial charge >= 0.3 is 5.97 Å². The molecule has 0 aromatic heterocycles. The molecule has 1 aliphatic heterocycles. The van der Waals surface area contributed by atoms with E-state index in [9.17, 15) is 13.2 Å². The number of halogens is 2. The molecule has 0 saturated carbocycles.